The first kappa shape index (κ1) is 11.1. The second-order valence-corrected chi connectivity index (χ2v) is 2.90. The summed E-state index contributed by atoms with van der Waals surface area (Å²) in [7, 11) is 0. The van der Waals surface area contributed by atoms with Crippen molar-refractivity contribution >= 4 is 17.7 Å². The van der Waals surface area contributed by atoms with Crippen LogP contribution in [0, 0.1) is 0 Å². The topological polar surface area (TPSA) is 72.5 Å². The Balaban J connectivity index is 3.00. The van der Waals surface area contributed by atoms with Gasteiger partial charge in [-0.1, -0.05) is 0 Å². The molecule has 1 aromatic rings. The van der Waals surface area contributed by atoms with E-state index in [1.807, 2.05) is 6.92 Å². The Hall–Kier alpha value is -1.97. The van der Waals surface area contributed by atoms with Gasteiger partial charge in [-0.05, 0) is 25.1 Å². The highest BCUT2D eigenvalue weighted by Crippen LogP contribution is 2.23. The van der Waals surface area contributed by atoms with Crippen molar-refractivity contribution < 1.29 is 14.6 Å². The number of benzene rings is 1. The highest BCUT2D eigenvalue weighted by atomic mass is 16.5. The predicted molar refractivity (Wildman–Crippen MR) is 58.7 cm³/mol. The fraction of sp³-hybridized carbons (Fsp3) is 0.182. The summed E-state index contributed by atoms with van der Waals surface area (Å²) in [6, 6.07) is 5.09. The van der Waals surface area contributed by atoms with Crippen molar-refractivity contribution in [2.75, 3.05) is 12.3 Å². The van der Waals surface area contributed by atoms with E-state index < -0.39 is 5.97 Å². The van der Waals surface area contributed by atoms with Gasteiger partial charge in [-0.25, -0.2) is 4.79 Å². The Morgan fingerprint density at radius 2 is 2.33 bits per heavy atom. The molecule has 3 N–H and O–H groups in total. The maximum absolute atomic E-state index is 10.4. The van der Waals surface area contributed by atoms with Crippen LogP contribution in [0.5, 0.6) is 5.75 Å². The first-order valence-electron chi connectivity index (χ1n) is 4.57. The minimum atomic E-state index is -0.991. The lowest BCUT2D eigenvalue weighted by atomic mass is 10.1. The zero-order chi connectivity index (χ0) is 11.3. The van der Waals surface area contributed by atoms with Crippen LogP contribution in [-0.2, 0) is 4.79 Å². The quantitative estimate of drug-likeness (QED) is 0.583. The maximum atomic E-state index is 10.4. The lowest BCUT2D eigenvalue weighted by molar-refractivity contribution is -0.131. The third kappa shape index (κ3) is 3.34. The summed E-state index contributed by atoms with van der Waals surface area (Å²) in [5.74, 6) is -0.399. The van der Waals surface area contributed by atoms with Gasteiger partial charge in [0, 0.05) is 23.4 Å². The number of ether oxygens (including phenoxy) is 1. The zero-order valence-electron chi connectivity index (χ0n) is 8.43. The van der Waals surface area contributed by atoms with Crippen LogP contribution in [0.1, 0.15) is 12.5 Å². The molecule has 0 spiro atoms. The van der Waals surface area contributed by atoms with Crippen LogP contribution in [0.2, 0.25) is 0 Å². The molecular weight excluding hydrogens is 194 g/mol. The number of carbonyl (C=O) groups is 1. The molecule has 4 nitrogen and oxygen atoms in total. The van der Waals surface area contributed by atoms with Crippen LogP contribution in [-0.4, -0.2) is 17.7 Å². The molecular formula is C11H13NO3. The number of carboxylic acid groups (broad SMARTS) is 1. The molecule has 15 heavy (non-hydrogen) atoms. The highest BCUT2D eigenvalue weighted by Gasteiger charge is 2.01. The molecule has 0 unspecified atom stereocenters. The number of aliphatic carboxylic acids is 1. The van der Waals surface area contributed by atoms with Crippen LogP contribution in [0.25, 0.3) is 6.08 Å². The molecule has 0 amide bonds. The molecule has 0 fully saturated rings. The predicted octanol–water partition coefficient (Wildman–Crippen LogP) is 1.77. The largest absolute Gasteiger partial charge is 0.493 e. The van der Waals surface area contributed by atoms with E-state index in [9.17, 15) is 4.79 Å². The van der Waals surface area contributed by atoms with Crippen molar-refractivity contribution in [1.82, 2.24) is 0 Å². The van der Waals surface area contributed by atoms with E-state index in [4.69, 9.17) is 15.6 Å². The van der Waals surface area contributed by atoms with Gasteiger partial charge in [-0.2, -0.15) is 0 Å². The molecule has 0 atom stereocenters. The van der Waals surface area contributed by atoms with Crippen molar-refractivity contribution in [1.29, 1.82) is 0 Å². The van der Waals surface area contributed by atoms with Crippen molar-refractivity contribution in [2.24, 2.45) is 0 Å². The maximum Gasteiger partial charge on any atom is 0.328 e. The fourth-order valence-corrected chi connectivity index (χ4v) is 1.13. The van der Waals surface area contributed by atoms with Gasteiger partial charge in [0.2, 0.25) is 0 Å². The molecule has 0 aliphatic heterocycles. The van der Waals surface area contributed by atoms with E-state index in [-0.39, 0.29) is 0 Å². The standard InChI is InChI=1S/C11H13NO3/c1-2-15-10-7-9(12)5-3-8(10)4-6-11(13)14/h3-7H,2,12H2,1H3,(H,13,14). The van der Waals surface area contributed by atoms with Crippen LogP contribution in [0.3, 0.4) is 0 Å². The highest BCUT2D eigenvalue weighted by molar-refractivity contribution is 5.86. The summed E-state index contributed by atoms with van der Waals surface area (Å²) >= 11 is 0. The van der Waals surface area contributed by atoms with E-state index in [0.717, 1.165) is 6.08 Å². The lowest BCUT2D eigenvalue weighted by Gasteiger charge is -2.07. The van der Waals surface area contributed by atoms with Gasteiger partial charge < -0.3 is 15.6 Å². The van der Waals surface area contributed by atoms with Crippen molar-refractivity contribution in [3.8, 4) is 5.75 Å². The summed E-state index contributed by atoms with van der Waals surface area (Å²) in [5.41, 5.74) is 6.88. The van der Waals surface area contributed by atoms with E-state index in [1.165, 1.54) is 6.08 Å². The molecule has 0 heterocycles. The molecule has 0 aliphatic rings. The molecule has 0 aromatic heterocycles. The van der Waals surface area contributed by atoms with E-state index in [1.54, 1.807) is 18.2 Å². The van der Waals surface area contributed by atoms with Gasteiger partial charge >= 0.3 is 5.97 Å². The number of rotatable bonds is 4. The number of carboxylic acids is 1. The Morgan fingerprint density at radius 3 is 2.93 bits per heavy atom. The summed E-state index contributed by atoms with van der Waals surface area (Å²) < 4.78 is 5.33. The van der Waals surface area contributed by atoms with Gasteiger partial charge in [0.15, 0.2) is 0 Å². The van der Waals surface area contributed by atoms with Crippen molar-refractivity contribution in [2.45, 2.75) is 6.92 Å². The van der Waals surface area contributed by atoms with Crippen LogP contribution < -0.4 is 10.5 Å². The third-order valence-corrected chi connectivity index (χ3v) is 1.74. The Kier molecular flexibility index (Phi) is 3.74. The molecule has 4 heteroatoms. The number of anilines is 1. The van der Waals surface area contributed by atoms with Crippen molar-refractivity contribution in [3.05, 3.63) is 29.8 Å². The molecule has 1 aromatic carbocycles. The Labute approximate surface area is 88.0 Å². The molecule has 0 aliphatic carbocycles. The first-order valence-corrected chi connectivity index (χ1v) is 4.57. The molecule has 0 bridgehead atoms. The molecule has 0 saturated heterocycles. The Bertz CT molecular complexity index is 385. The Morgan fingerprint density at radius 1 is 1.60 bits per heavy atom. The summed E-state index contributed by atoms with van der Waals surface area (Å²) in [4.78, 5) is 10.4. The first-order chi connectivity index (χ1) is 7.13. The van der Waals surface area contributed by atoms with Gasteiger partial charge in [0.1, 0.15) is 5.75 Å². The molecule has 0 radical (unpaired) electrons. The smallest absolute Gasteiger partial charge is 0.328 e. The number of hydrogen-bond acceptors (Lipinski definition) is 3. The lowest BCUT2D eigenvalue weighted by Crippen LogP contribution is -1.96. The van der Waals surface area contributed by atoms with Gasteiger partial charge in [0.05, 0.1) is 6.61 Å². The summed E-state index contributed by atoms with van der Waals surface area (Å²) in [6.45, 7) is 2.37. The number of nitrogens with two attached hydrogens (primary N) is 1. The monoisotopic (exact) mass is 207 g/mol. The third-order valence-electron chi connectivity index (χ3n) is 1.74. The normalized spacial score (nSPS) is 10.5. The number of nitrogen functional groups attached to an aromatic ring is 1. The average molecular weight is 207 g/mol. The minimum Gasteiger partial charge on any atom is -0.493 e. The van der Waals surface area contributed by atoms with Crippen LogP contribution >= 0.6 is 0 Å². The molecule has 0 saturated carbocycles. The van der Waals surface area contributed by atoms with Crippen LogP contribution in [0.4, 0.5) is 5.69 Å². The fourth-order valence-electron chi connectivity index (χ4n) is 1.13. The zero-order valence-corrected chi connectivity index (χ0v) is 8.43. The van der Waals surface area contributed by atoms with E-state index in [2.05, 4.69) is 0 Å². The molecule has 1 rings (SSSR count). The summed E-state index contributed by atoms with van der Waals surface area (Å²) in [5, 5.41) is 8.50. The van der Waals surface area contributed by atoms with Crippen molar-refractivity contribution in [3.63, 3.8) is 0 Å². The van der Waals surface area contributed by atoms with Gasteiger partial charge in [-0.3, -0.25) is 0 Å². The van der Waals surface area contributed by atoms with Gasteiger partial charge in [0.25, 0.3) is 0 Å². The number of hydrogen-bond donors (Lipinski definition) is 2. The molecule has 80 valence electrons. The SMILES string of the molecule is CCOc1cc(N)ccc1C=CC(=O)O. The average Bonchev–Trinajstić information content (AvgIpc) is 2.17. The second kappa shape index (κ2) is 5.05. The van der Waals surface area contributed by atoms with E-state index >= 15 is 0 Å². The minimum absolute atomic E-state index is 0.511. The second-order valence-electron chi connectivity index (χ2n) is 2.90. The summed E-state index contributed by atoms with van der Waals surface area (Å²) in [6.07, 6.45) is 2.54. The van der Waals surface area contributed by atoms with Gasteiger partial charge in [-0.15, -0.1) is 0 Å². The van der Waals surface area contributed by atoms with E-state index in [0.29, 0.717) is 23.6 Å². The van der Waals surface area contributed by atoms with Crippen LogP contribution in [0.15, 0.2) is 24.3 Å².